The van der Waals surface area contributed by atoms with E-state index in [1.54, 1.807) is 25.1 Å². The first-order valence-electron chi connectivity index (χ1n) is 10.9. The van der Waals surface area contributed by atoms with E-state index in [9.17, 15) is 19.5 Å². The van der Waals surface area contributed by atoms with E-state index in [2.05, 4.69) is 5.32 Å². The molecule has 2 N–H and O–H groups in total. The third-order valence-corrected chi connectivity index (χ3v) is 6.58. The molecule has 0 unspecified atom stereocenters. The lowest BCUT2D eigenvalue weighted by Crippen LogP contribution is -2.38. The molecular formula is C27H28N2O4S. The van der Waals surface area contributed by atoms with Crippen LogP contribution in [0, 0.1) is 0 Å². The molecule has 1 amide bonds. The molecule has 0 fully saturated rings. The summed E-state index contributed by atoms with van der Waals surface area (Å²) in [5.41, 5.74) is 4.24. The predicted molar refractivity (Wildman–Crippen MR) is 137 cm³/mol. The van der Waals surface area contributed by atoms with E-state index in [0.29, 0.717) is 5.56 Å². The number of nitrogens with one attached hydrogen (secondary N) is 1. The minimum Gasteiger partial charge on any atom is -0.480 e. The Kier molecular flexibility index (Phi) is 8.49. The van der Waals surface area contributed by atoms with Crippen LogP contribution in [0.3, 0.4) is 0 Å². The summed E-state index contributed by atoms with van der Waals surface area (Å²) in [6.45, 7) is 1.57. The molecule has 34 heavy (non-hydrogen) atoms. The van der Waals surface area contributed by atoms with E-state index in [-0.39, 0.29) is 12.3 Å². The number of hydrogen-bond acceptors (Lipinski definition) is 5. The number of benzene rings is 3. The van der Waals surface area contributed by atoms with Gasteiger partial charge in [-0.3, -0.25) is 14.4 Å². The van der Waals surface area contributed by atoms with Gasteiger partial charge in [0.25, 0.3) is 5.91 Å². The van der Waals surface area contributed by atoms with Crippen molar-refractivity contribution in [3.05, 3.63) is 90.0 Å². The molecule has 0 aromatic heterocycles. The van der Waals surface area contributed by atoms with E-state index < -0.39 is 22.4 Å². The molecule has 0 aliphatic rings. The number of carboxylic acid groups (broad SMARTS) is 1. The van der Waals surface area contributed by atoms with Gasteiger partial charge in [-0.05, 0) is 48.2 Å². The fourth-order valence-corrected chi connectivity index (χ4v) is 4.28. The molecule has 7 heteroatoms. The van der Waals surface area contributed by atoms with Crippen LogP contribution in [0.1, 0.15) is 22.8 Å². The van der Waals surface area contributed by atoms with Crippen LogP contribution in [0.5, 0.6) is 0 Å². The molecule has 0 saturated carbocycles. The lowest BCUT2D eigenvalue weighted by atomic mass is 10.0. The van der Waals surface area contributed by atoms with Crippen LogP contribution >= 0.6 is 11.8 Å². The summed E-state index contributed by atoms with van der Waals surface area (Å²) < 4.78 is 0. The van der Waals surface area contributed by atoms with Crippen molar-refractivity contribution in [3.8, 4) is 11.1 Å². The van der Waals surface area contributed by atoms with Gasteiger partial charge in [-0.15, -0.1) is 0 Å². The number of amides is 1. The summed E-state index contributed by atoms with van der Waals surface area (Å²) in [6, 6.07) is 23.8. The summed E-state index contributed by atoms with van der Waals surface area (Å²) in [4.78, 5) is 39.0. The normalized spacial score (nSPS) is 12.4. The molecule has 176 valence electrons. The second-order valence-corrected chi connectivity index (χ2v) is 9.38. The third-order valence-electron chi connectivity index (χ3n) is 5.34. The van der Waals surface area contributed by atoms with Crippen molar-refractivity contribution in [2.45, 2.75) is 24.6 Å². The fraction of sp³-hybridized carbons (Fsp3) is 0.222. The van der Waals surface area contributed by atoms with Crippen molar-refractivity contribution in [1.82, 2.24) is 5.32 Å². The maximum Gasteiger partial charge on any atom is 0.317 e. The maximum absolute atomic E-state index is 12.7. The second-order valence-electron chi connectivity index (χ2n) is 8.17. The molecule has 0 spiro atoms. The molecule has 6 nitrogen and oxygen atoms in total. The van der Waals surface area contributed by atoms with E-state index in [0.717, 1.165) is 34.1 Å². The summed E-state index contributed by atoms with van der Waals surface area (Å²) in [7, 11) is 3.75. The van der Waals surface area contributed by atoms with Gasteiger partial charge < -0.3 is 15.3 Å². The first-order valence-corrected chi connectivity index (χ1v) is 11.8. The first-order chi connectivity index (χ1) is 16.2. The number of carboxylic acids is 1. The average molecular weight is 477 g/mol. The van der Waals surface area contributed by atoms with Gasteiger partial charge in [-0.1, -0.05) is 72.4 Å². The topological polar surface area (TPSA) is 86.7 Å². The average Bonchev–Trinajstić information content (AvgIpc) is 2.84. The van der Waals surface area contributed by atoms with Gasteiger partial charge in [0.1, 0.15) is 5.25 Å². The summed E-state index contributed by atoms with van der Waals surface area (Å²) in [5.74, 6) is -1.45. The van der Waals surface area contributed by atoms with Crippen LogP contribution in [0.15, 0.2) is 78.9 Å². The van der Waals surface area contributed by atoms with Gasteiger partial charge in [-0.2, -0.15) is 0 Å². The maximum atomic E-state index is 12.7. The number of rotatable bonds is 9. The number of nitrogens with zero attached hydrogens (tertiary/aromatic N) is 1. The van der Waals surface area contributed by atoms with Crippen LogP contribution in [0.2, 0.25) is 0 Å². The Labute approximate surface area is 204 Å². The van der Waals surface area contributed by atoms with Crippen molar-refractivity contribution in [1.29, 1.82) is 0 Å². The van der Waals surface area contributed by atoms with Gasteiger partial charge in [0.05, 0.1) is 6.04 Å². The molecule has 2 atom stereocenters. The first kappa shape index (κ1) is 25.1. The minimum atomic E-state index is -1.07. The fourth-order valence-electron chi connectivity index (χ4n) is 3.36. The molecular weight excluding hydrogens is 448 g/mol. The number of carbonyl (C=O) groups excluding carboxylic acids is 2. The molecule has 0 heterocycles. The van der Waals surface area contributed by atoms with E-state index >= 15 is 0 Å². The predicted octanol–water partition coefficient (Wildman–Crippen LogP) is 4.49. The minimum absolute atomic E-state index is 0.201. The van der Waals surface area contributed by atoms with Gasteiger partial charge in [0.2, 0.25) is 5.12 Å². The molecule has 3 rings (SSSR count). The lowest BCUT2D eigenvalue weighted by Gasteiger charge is -2.17. The zero-order valence-electron chi connectivity index (χ0n) is 19.4. The standard InChI is InChI=1S/C27H28N2O4S/c1-18(28-25(30)22-10-7-11-23(17-22)29(2)3)27(33)34-24(26(31)32)16-19-12-14-21(15-13-19)20-8-5-4-6-9-20/h4-15,17-18,24H,16H2,1-3H3,(H,28,30)(H,31,32)/t18-,24-/m1/s1. The van der Waals surface area contributed by atoms with E-state index in [1.165, 1.54) is 0 Å². The zero-order valence-corrected chi connectivity index (χ0v) is 20.2. The molecule has 3 aromatic rings. The van der Waals surface area contributed by atoms with Crippen LogP contribution in [0.25, 0.3) is 11.1 Å². The third kappa shape index (κ3) is 6.71. The lowest BCUT2D eigenvalue weighted by molar-refractivity contribution is -0.136. The Balaban J connectivity index is 1.61. The molecule has 0 radical (unpaired) electrons. The van der Waals surface area contributed by atoms with Gasteiger partial charge in [0, 0.05) is 25.3 Å². The van der Waals surface area contributed by atoms with E-state index in [4.69, 9.17) is 0 Å². The molecule has 0 saturated heterocycles. The molecule has 0 aliphatic carbocycles. The zero-order chi connectivity index (χ0) is 24.7. The van der Waals surface area contributed by atoms with Gasteiger partial charge >= 0.3 is 5.97 Å². The highest BCUT2D eigenvalue weighted by atomic mass is 32.2. The highest BCUT2D eigenvalue weighted by Crippen LogP contribution is 2.23. The summed E-state index contributed by atoms with van der Waals surface area (Å²) >= 11 is 0.740. The van der Waals surface area contributed by atoms with Crippen LogP contribution in [-0.2, 0) is 16.0 Å². The van der Waals surface area contributed by atoms with E-state index in [1.807, 2.05) is 79.7 Å². The van der Waals surface area contributed by atoms with Crippen LogP contribution in [0.4, 0.5) is 5.69 Å². The smallest absolute Gasteiger partial charge is 0.317 e. The Morgan fingerprint density at radius 2 is 1.56 bits per heavy atom. The van der Waals surface area contributed by atoms with Crippen molar-refractivity contribution < 1.29 is 19.5 Å². The van der Waals surface area contributed by atoms with Crippen molar-refractivity contribution in [2.75, 3.05) is 19.0 Å². The number of thioether (sulfide) groups is 1. The Hall–Kier alpha value is -3.58. The molecule has 3 aromatic carbocycles. The molecule has 0 aliphatic heterocycles. The largest absolute Gasteiger partial charge is 0.480 e. The number of anilines is 1. The number of aliphatic carboxylic acids is 1. The SMILES string of the molecule is C[C@@H](NC(=O)c1cccc(N(C)C)c1)C(=O)S[C@H](Cc1ccc(-c2ccccc2)cc1)C(=O)O. The number of carbonyl (C=O) groups is 3. The Morgan fingerprint density at radius 1 is 0.912 bits per heavy atom. The van der Waals surface area contributed by atoms with Crippen molar-refractivity contribution in [3.63, 3.8) is 0 Å². The summed E-state index contributed by atoms with van der Waals surface area (Å²) in [6.07, 6.45) is 0.201. The second kappa shape index (κ2) is 11.5. The van der Waals surface area contributed by atoms with Crippen LogP contribution in [-0.4, -0.2) is 47.5 Å². The summed E-state index contributed by atoms with van der Waals surface area (Å²) in [5, 5.41) is 11.0. The highest BCUT2D eigenvalue weighted by Gasteiger charge is 2.26. The quantitative estimate of drug-likeness (QED) is 0.473. The van der Waals surface area contributed by atoms with Gasteiger partial charge in [0.15, 0.2) is 0 Å². The molecule has 0 bridgehead atoms. The number of hydrogen-bond donors (Lipinski definition) is 2. The Bertz CT molecular complexity index is 1150. The highest BCUT2D eigenvalue weighted by molar-refractivity contribution is 8.14. The van der Waals surface area contributed by atoms with Crippen molar-refractivity contribution in [2.24, 2.45) is 0 Å². The Morgan fingerprint density at radius 3 is 2.18 bits per heavy atom. The van der Waals surface area contributed by atoms with Crippen molar-refractivity contribution >= 4 is 34.4 Å². The van der Waals surface area contributed by atoms with Crippen LogP contribution < -0.4 is 10.2 Å². The van der Waals surface area contributed by atoms with Gasteiger partial charge in [-0.25, -0.2) is 0 Å². The monoisotopic (exact) mass is 476 g/mol.